The van der Waals surface area contributed by atoms with Gasteiger partial charge in [-0.05, 0) is 58.6 Å². The fraction of sp³-hybridized carbons (Fsp3) is 0.619. The van der Waals surface area contributed by atoms with E-state index in [9.17, 15) is 9.59 Å². The average molecular weight is 360 g/mol. The molecule has 5 nitrogen and oxygen atoms in total. The van der Waals surface area contributed by atoms with Crippen molar-refractivity contribution in [1.82, 2.24) is 9.80 Å². The first kappa shape index (κ1) is 20.3. The Kier molecular flexibility index (Phi) is 6.68. The van der Waals surface area contributed by atoms with E-state index in [1.165, 1.54) is 11.1 Å². The Morgan fingerprint density at radius 3 is 2.58 bits per heavy atom. The Morgan fingerprint density at radius 2 is 1.96 bits per heavy atom. The second-order valence-corrected chi connectivity index (χ2v) is 8.04. The lowest BCUT2D eigenvalue weighted by molar-refractivity contribution is -0.137. The van der Waals surface area contributed by atoms with Gasteiger partial charge >= 0.3 is 6.09 Å². The number of hydrogen-bond donors (Lipinski definition) is 0. The number of hydrogen-bond acceptors (Lipinski definition) is 3. The third-order valence-electron chi connectivity index (χ3n) is 4.74. The van der Waals surface area contributed by atoms with E-state index in [4.69, 9.17) is 4.74 Å². The number of piperidine rings is 1. The zero-order valence-corrected chi connectivity index (χ0v) is 16.7. The van der Waals surface area contributed by atoms with Gasteiger partial charge in [0, 0.05) is 26.2 Å². The van der Waals surface area contributed by atoms with E-state index < -0.39 is 5.60 Å². The minimum absolute atomic E-state index is 0.129. The number of nitrogens with zero attached hydrogens (tertiary/aromatic N) is 2. The average Bonchev–Trinajstić information content (AvgIpc) is 2.59. The van der Waals surface area contributed by atoms with Crippen LogP contribution < -0.4 is 0 Å². The largest absolute Gasteiger partial charge is 0.444 e. The number of aryl methyl sites for hydroxylation is 1. The molecular weight excluding hydrogens is 328 g/mol. The smallest absolute Gasteiger partial charge is 0.410 e. The van der Waals surface area contributed by atoms with Crippen molar-refractivity contribution in [3.05, 3.63) is 35.4 Å². The number of benzene rings is 1. The Bertz CT molecular complexity index is 636. The first-order valence-electron chi connectivity index (χ1n) is 9.52. The van der Waals surface area contributed by atoms with Crippen LogP contribution in [0.5, 0.6) is 0 Å². The summed E-state index contributed by atoms with van der Waals surface area (Å²) in [7, 11) is 0. The second kappa shape index (κ2) is 8.56. The highest BCUT2D eigenvalue weighted by Crippen LogP contribution is 2.22. The lowest BCUT2D eigenvalue weighted by atomic mass is 9.96. The molecule has 0 N–H and O–H groups in total. The molecule has 2 rings (SSSR count). The Morgan fingerprint density at radius 1 is 1.27 bits per heavy atom. The number of likely N-dealkylation sites (tertiary alicyclic amines) is 1. The molecule has 0 bridgehead atoms. The minimum atomic E-state index is -0.520. The number of ether oxygens (including phenoxy) is 1. The summed E-state index contributed by atoms with van der Waals surface area (Å²) in [5.74, 6) is -0.0238. The second-order valence-electron chi connectivity index (χ2n) is 8.04. The Balaban J connectivity index is 2.02. The van der Waals surface area contributed by atoms with E-state index in [1.54, 1.807) is 4.90 Å². The molecule has 0 spiro atoms. The normalized spacial score (nSPS) is 17.7. The van der Waals surface area contributed by atoms with E-state index in [1.807, 2.05) is 44.7 Å². The number of carbonyl (C=O) groups excluding carboxylic acids is 2. The molecule has 1 saturated heterocycles. The molecule has 1 aromatic rings. The van der Waals surface area contributed by atoms with Gasteiger partial charge in [0.2, 0.25) is 5.91 Å². The number of rotatable bonds is 4. The van der Waals surface area contributed by atoms with Crippen molar-refractivity contribution >= 4 is 12.0 Å². The molecule has 26 heavy (non-hydrogen) atoms. The first-order valence-corrected chi connectivity index (χ1v) is 9.52. The fourth-order valence-electron chi connectivity index (χ4n) is 3.27. The van der Waals surface area contributed by atoms with Crippen molar-refractivity contribution in [3.8, 4) is 0 Å². The zero-order valence-electron chi connectivity index (χ0n) is 16.7. The maximum absolute atomic E-state index is 13.0. The van der Waals surface area contributed by atoms with Crippen molar-refractivity contribution < 1.29 is 14.3 Å². The summed E-state index contributed by atoms with van der Waals surface area (Å²) >= 11 is 0. The molecule has 1 fully saturated rings. The standard InChI is InChI=1S/C21H32N2O3/c1-6-22(14-17-11-8-7-10-16(17)2)19(24)18-12-9-13-23(15-18)20(25)26-21(3,4)5/h7-8,10-11,18H,6,9,12-15H2,1-5H3. The van der Waals surface area contributed by atoms with Crippen molar-refractivity contribution in [1.29, 1.82) is 0 Å². The quantitative estimate of drug-likeness (QED) is 0.816. The van der Waals surface area contributed by atoms with Crippen LogP contribution in [0.25, 0.3) is 0 Å². The third-order valence-corrected chi connectivity index (χ3v) is 4.74. The van der Waals surface area contributed by atoms with Gasteiger partial charge in [-0.2, -0.15) is 0 Å². The molecule has 1 heterocycles. The maximum Gasteiger partial charge on any atom is 0.410 e. The van der Waals surface area contributed by atoms with E-state index in [0.717, 1.165) is 12.8 Å². The van der Waals surface area contributed by atoms with Gasteiger partial charge in [-0.25, -0.2) is 4.79 Å². The fourth-order valence-corrected chi connectivity index (χ4v) is 3.27. The Labute approximate surface area is 157 Å². The van der Waals surface area contributed by atoms with E-state index in [2.05, 4.69) is 19.1 Å². The van der Waals surface area contributed by atoms with Gasteiger partial charge in [0.05, 0.1) is 5.92 Å². The molecule has 1 unspecified atom stereocenters. The highest BCUT2D eigenvalue weighted by atomic mass is 16.6. The number of amides is 2. The molecule has 2 amide bonds. The van der Waals surface area contributed by atoms with Crippen LogP contribution in [0.3, 0.4) is 0 Å². The summed E-state index contributed by atoms with van der Waals surface area (Å²) in [5.41, 5.74) is 1.84. The van der Waals surface area contributed by atoms with Crippen LogP contribution in [-0.2, 0) is 16.1 Å². The molecule has 144 valence electrons. The van der Waals surface area contributed by atoms with E-state index in [-0.39, 0.29) is 17.9 Å². The van der Waals surface area contributed by atoms with Crippen molar-refractivity contribution in [2.24, 2.45) is 5.92 Å². The molecule has 0 aliphatic carbocycles. The highest BCUT2D eigenvalue weighted by Gasteiger charge is 2.32. The summed E-state index contributed by atoms with van der Waals surface area (Å²) in [6.45, 7) is 12.0. The van der Waals surface area contributed by atoms with Crippen LogP contribution in [0.2, 0.25) is 0 Å². The van der Waals surface area contributed by atoms with Crippen molar-refractivity contribution in [2.75, 3.05) is 19.6 Å². The van der Waals surface area contributed by atoms with E-state index >= 15 is 0 Å². The first-order chi connectivity index (χ1) is 12.2. The lowest BCUT2D eigenvalue weighted by Gasteiger charge is -2.35. The van der Waals surface area contributed by atoms with Gasteiger partial charge in [-0.15, -0.1) is 0 Å². The van der Waals surface area contributed by atoms with Gasteiger partial charge in [0.1, 0.15) is 5.60 Å². The van der Waals surface area contributed by atoms with Crippen LogP contribution in [0.4, 0.5) is 4.79 Å². The Hall–Kier alpha value is -2.04. The van der Waals surface area contributed by atoms with Crippen LogP contribution in [0.15, 0.2) is 24.3 Å². The van der Waals surface area contributed by atoms with Gasteiger partial charge in [0.25, 0.3) is 0 Å². The predicted molar refractivity (Wildman–Crippen MR) is 103 cm³/mol. The molecule has 0 aromatic heterocycles. The van der Waals surface area contributed by atoms with Crippen LogP contribution in [-0.4, -0.2) is 47.0 Å². The van der Waals surface area contributed by atoms with E-state index in [0.29, 0.717) is 26.2 Å². The van der Waals surface area contributed by atoms with Crippen molar-refractivity contribution in [3.63, 3.8) is 0 Å². The molecule has 0 radical (unpaired) electrons. The summed E-state index contributed by atoms with van der Waals surface area (Å²) in [6, 6.07) is 8.15. The number of carbonyl (C=O) groups is 2. The molecule has 1 atom stereocenters. The summed E-state index contributed by atoms with van der Waals surface area (Å²) < 4.78 is 5.47. The van der Waals surface area contributed by atoms with Crippen LogP contribution >= 0.6 is 0 Å². The maximum atomic E-state index is 13.0. The van der Waals surface area contributed by atoms with Gasteiger partial charge in [-0.1, -0.05) is 24.3 Å². The molecule has 5 heteroatoms. The topological polar surface area (TPSA) is 49.9 Å². The minimum Gasteiger partial charge on any atom is -0.444 e. The lowest BCUT2D eigenvalue weighted by Crippen LogP contribution is -2.47. The van der Waals surface area contributed by atoms with Crippen LogP contribution in [0.1, 0.15) is 51.7 Å². The molecule has 1 aliphatic heterocycles. The third kappa shape index (κ3) is 5.48. The predicted octanol–water partition coefficient (Wildman–Crippen LogP) is 3.99. The molecule has 1 aliphatic rings. The van der Waals surface area contributed by atoms with Crippen molar-refractivity contribution in [2.45, 2.75) is 59.6 Å². The SMILES string of the molecule is CCN(Cc1ccccc1C)C(=O)C1CCCN(C(=O)OC(C)(C)C)C1. The van der Waals surface area contributed by atoms with Gasteiger partial charge in [0.15, 0.2) is 0 Å². The summed E-state index contributed by atoms with van der Waals surface area (Å²) in [4.78, 5) is 29.0. The molecular formula is C21H32N2O3. The molecule has 0 saturated carbocycles. The summed E-state index contributed by atoms with van der Waals surface area (Å²) in [5, 5.41) is 0. The molecule has 1 aromatic carbocycles. The van der Waals surface area contributed by atoms with Gasteiger partial charge in [-0.3, -0.25) is 4.79 Å². The van der Waals surface area contributed by atoms with Crippen LogP contribution in [0, 0.1) is 12.8 Å². The summed E-state index contributed by atoms with van der Waals surface area (Å²) in [6.07, 6.45) is 1.33. The van der Waals surface area contributed by atoms with Gasteiger partial charge < -0.3 is 14.5 Å². The monoisotopic (exact) mass is 360 g/mol. The highest BCUT2D eigenvalue weighted by molar-refractivity contribution is 5.80. The zero-order chi connectivity index (χ0) is 19.3.